The largest absolute Gasteiger partial charge is 0.394 e. The van der Waals surface area contributed by atoms with E-state index in [9.17, 15) is 112 Å². The van der Waals surface area contributed by atoms with E-state index in [4.69, 9.17) is 116 Å². The molecule has 0 saturated carbocycles. The minimum atomic E-state index is -1.28. The predicted octanol–water partition coefficient (Wildman–Crippen LogP) is -15.0. The summed E-state index contributed by atoms with van der Waals surface area (Å²) >= 11 is 3.96. The molecule has 0 amide bonds. The highest BCUT2D eigenvalue weighted by molar-refractivity contribution is 7.80. The molecule has 10 heterocycles. The van der Waals surface area contributed by atoms with E-state index < -0.39 is 268 Å². The third-order valence-corrected chi connectivity index (χ3v) is 21.4. The Kier molecular flexibility index (Phi) is 53.9. The van der Waals surface area contributed by atoms with Gasteiger partial charge in [-0.3, -0.25) is 4.79 Å². The number of ether oxygens (including phenoxy) is 10. The molecule has 0 aromatic heterocycles. The maximum absolute atomic E-state index is 10.9. The SMILES string of the molecule is CC1O[C@@H](C)C(O)[C@@H](O)C1=O.C[C@@H]1OC(CN)[C@@H](O)[C@H](O)C1O.C[C@@H]1OC(CO)C[C@H](O)C1O.C[C@@H]1OC(CO)[C@@H](N)[C@H](O)C1O.C[C@@H]1OC(CO)[C@@H](O)CC1O.C[C@@H]1OC(CO)[C@@H](O)[C@H](N)C1O.C[C@@H]1OC(CO)[C@@H](O)[C@H](N=[N+]=[N-])C1O.C[C@@H]1OC(CO)[C@@H](O)[C@H](O)C1O.C[C@@H]1OC(CS)[C@@H](O)[C@H](O)C1O.C[C@H]1C[C@@H](O)[C@H](O)C(CO)O1. The molecule has 118 heavy (non-hydrogen) atoms. The van der Waals surface area contributed by atoms with E-state index in [-0.39, 0.29) is 77.5 Å². The number of nitrogens with two attached hydrogens (primary N) is 3. The van der Waals surface area contributed by atoms with Crippen molar-refractivity contribution in [1.82, 2.24) is 0 Å². The van der Waals surface area contributed by atoms with Gasteiger partial charge in [-0.05, 0) is 81.7 Å². The van der Waals surface area contributed by atoms with Crippen molar-refractivity contribution in [1.29, 1.82) is 0 Å². The molecule has 0 spiro atoms. The zero-order valence-corrected chi connectivity index (χ0v) is 68.9. The molecule has 19 unspecified atom stereocenters. The lowest BCUT2D eigenvalue weighted by Gasteiger charge is -2.39. The average Bonchev–Trinajstić information content (AvgIpc) is 0.826. The van der Waals surface area contributed by atoms with Crippen LogP contribution in [0.2, 0.25) is 0 Å². The number of azide groups is 1. The summed E-state index contributed by atoms with van der Waals surface area (Å²) in [5.74, 6) is -0.120. The maximum atomic E-state index is 10.9. The number of hydrogen-bond acceptors (Lipinski definition) is 46. The van der Waals surface area contributed by atoms with Gasteiger partial charge in [-0.2, -0.15) is 12.6 Å². The molecule has 10 aliphatic rings. The van der Waals surface area contributed by atoms with Crippen LogP contribution in [0.25, 0.3) is 10.4 Å². The molecule has 47 nitrogen and oxygen atoms in total. The third kappa shape index (κ3) is 33.7. The number of thiol groups is 1. The van der Waals surface area contributed by atoms with Crippen LogP contribution in [0, 0.1) is 0 Å². The smallest absolute Gasteiger partial charge is 0.192 e. The van der Waals surface area contributed by atoms with E-state index in [1.807, 2.05) is 0 Å². The van der Waals surface area contributed by atoms with Crippen molar-refractivity contribution >= 4 is 18.4 Å². The molecule has 10 fully saturated rings. The summed E-state index contributed by atoms with van der Waals surface area (Å²) in [5.41, 5.74) is 24.5. The summed E-state index contributed by atoms with van der Waals surface area (Å²) in [6.45, 7) is 16.4. The highest BCUT2D eigenvalue weighted by atomic mass is 32.1. The van der Waals surface area contributed by atoms with Crippen LogP contribution in [0.4, 0.5) is 0 Å². The standard InChI is InChI=1S/C7H13N3O4.3C7H15NO4.C7H14O5.C7H14O4S.3C7H14O4.C7H12O4/c1-3-6(12)5(9-10-8)7(13)4(2-11)14-3;1-3-6(10)5(8)7(11)4(2-9)12-3;1-3-6(10)7(11)5(8)4(2-9)12-3;2*1-3-5(9)7(11)6(10)4(2-8)12-3;1-3-5(8)7(10)6(9)4(2-12)11-3;1-4-5(9)2-6(10)7(3-8)11-4;1-4-7(10)6(9)2-5(3-8)11-4;1-4-2-5(9)7(10)6(3-8)11-4;1-3-5(8)7(10)6(9)4(2)11-3/h3-7,11-13H,2H2,1H3;3*3-7,9-11H,2,8H2,1H3;3-11H,2H2,1H3;3-10,12H,2H2,1H3;3*4-10H,2-3H2,1H3;3-5,7-8,10H,1-2H3/t2*3-,4?,5+,6?,7+;3-,4?,5+,6?,7-;3*3-,4?,5?,6+,7+;2*4-,5?,6-,7?;4-,5+,6?,7-;3-,4?,5?,7+/m0000000000/s1. The van der Waals surface area contributed by atoms with Gasteiger partial charge in [0, 0.05) is 36.5 Å². The number of aliphatic hydroxyl groups excluding tert-OH is 30. The first-order chi connectivity index (χ1) is 55.0. The first-order valence-corrected chi connectivity index (χ1v) is 39.5. The van der Waals surface area contributed by atoms with E-state index in [0.29, 0.717) is 18.6 Å². The fourth-order valence-electron chi connectivity index (χ4n) is 13.0. The molecule has 0 bridgehead atoms. The molecule has 0 radical (unpaired) electrons. The third-order valence-electron chi connectivity index (χ3n) is 21.1. The average molecular weight is 1750 g/mol. The van der Waals surface area contributed by atoms with Gasteiger partial charge < -0.3 is 218 Å². The normalized spacial score (nSPS) is 47.2. The molecule has 48 heteroatoms. The molecule has 10 rings (SSSR count). The van der Waals surface area contributed by atoms with Crippen LogP contribution < -0.4 is 17.2 Å². The quantitative estimate of drug-likeness (QED) is 0.0418. The van der Waals surface area contributed by atoms with Gasteiger partial charge in [0.2, 0.25) is 0 Å². The lowest BCUT2D eigenvalue weighted by atomic mass is 9.94. The highest BCUT2D eigenvalue weighted by Crippen LogP contribution is 2.28. The van der Waals surface area contributed by atoms with E-state index >= 15 is 0 Å². The van der Waals surface area contributed by atoms with Crippen LogP contribution in [0.1, 0.15) is 95.4 Å². The number of carbonyl (C=O) groups is 1. The van der Waals surface area contributed by atoms with Gasteiger partial charge in [-0.1, -0.05) is 5.11 Å². The van der Waals surface area contributed by atoms with Gasteiger partial charge in [0.15, 0.2) is 5.78 Å². The minimum absolute atomic E-state index is 0.0921. The Hall–Kier alpha value is -2.39. The van der Waals surface area contributed by atoms with Crippen molar-refractivity contribution in [2.24, 2.45) is 22.3 Å². The summed E-state index contributed by atoms with van der Waals surface area (Å²) in [6, 6.07) is -2.44. The molecule has 0 aliphatic carbocycles. The molecular weight excluding hydrogens is 1610 g/mol. The van der Waals surface area contributed by atoms with Crippen molar-refractivity contribution in [3.63, 3.8) is 0 Å². The zero-order chi connectivity index (χ0) is 91.1. The van der Waals surface area contributed by atoms with E-state index in [1.54, 1.807) is 76.2 Å². The van der Waals surface area contributed by atoms with Crippen molar-refractivity contribution in [2.45, 2.75) is 376 Å². The fraction of sp³-hybridized carbons (Fsp3) is 0.986. The lowest BCUT2D eigenvalue weighted by molar-refractivity contribution is -0.224. The summed E-state index contributed by atoms with van der Waals surface area (Å²) in [5, 5.41) is 278. The number of rotatable bonds is 10. The van der Waals surface area contributed by atoms with Crippen LogP contribution in [0.15, 0.2) is 5.11 Å². The molecule has 36 N–H and O–H groups in total. The van der Waals surface area contributed by atoms with Crippen LogP contribution in [0.3, 0.4) is 0 Å². The second-order valence-electron chi connectivity index (χ2n) is 30.3. The second kappa shape index (κ2) is 55.9. The summed E-state index contributed by atoms with van der Waals surface area (Å²) < 4.78 is 51.2. The number of hydrogen-bond donors (Lipinski definition) is 34. The zero-order valence-electron chi connectivity index (χ0n) is 68.0. The molecule has 0 aromatic rings. The van der Waals surface area contributed by atoms with Gasteiger partial charge in [0.1, 0.15) is 134 Å². The van der Waals surface area contributed by atoms with Crippen molar-refractivity contribution < 1.29 is 205 Å². The van der Waals surface area contributed by atoms with Crippen LogP contribution >= 0.6 is 12.6 Å². The van der Waals surface area contributed by atoms with E-state index in [2.05, 4.69) is 22.7 Å². The van der Waals surface area contributed by atoms with E-state index in [1.165, 1.54) is 0 Å². The van der Waals surface area contributed by atoms with Crippen LogP contribution in [-0.2, 0) is 52.2 Å². The second-order valence-corrected chi connectivity index (χ2v) is 30.7. The van der Waals surface area contributed by atoms with Gasteiger partial charge >= 0.3 is 0 Å². The monoisotopic (exact) mass is 1750 g/mol. The summed E-state index contributed by atoms with van der Waals surface area (Å²) in [6.07, 6.45) is -32.5. The van der Waals surface area contributed by atoms with Crippen molar-refractivity contribution in [2.75, 3.05) is 58.5 Å². The number of nitrogens with zero attached hydrogens (tertiary/aromatic N) is 3. The summed E-state index contributed by atoms with van der Waals surface area (Å²) in [7, 11) is 0. The van der Waals surface area contributed by atoms with Gasteiger partial charge in [-0.15, -0.1) is 0 Å². The first kappa shape index (κ1) is 114. The topological polar surface area (TPSA) is 843 Å². The van der Waals surface area contributed by atoms with Crippen molar-refractivity contribution in [3.05, 3.63) is 10.4 Å². The molecule has 10 aliphatic heterocycles. The Morgan fingerprint density at radius 3 is 1.12 bits per heavy atom. The van der Waals surface area contributed by atoms with Gasteiger partial charge in [0.05, 0.1) is 193 Å². The predicted molar refractivity (Wildman–Crippen MR) is 407 cm³/mol. The molecule has 10 saturated heterocycles. The Bertz CT molecular complexity index is 2490. The molecule has 46 atom stereocenters. The number of Topliss-reactive ketones (excluding diaryl/α,β-unsaturated/α-hetero) is 1. The fourth-order valence-corrected chi connectivity index (χ4v) is 13.3. The number of carbonyl (C=O) groups excluding carboxylic acids is 1. The van der Waals surface area contributed by atoms with Crippen LogP contribution in [-0.4, -0.2) is 498 Å². The molecule has 702 valence electrons. The summed E-state index contributed by atoms with van der Waals surface area (Å²) in [4.78, 5) is 13.5. The Labute approximate surface area is 688 Å². The van der Waals surface area contributed by atoms with Gasteiger partial charge in [0.25, 0.3) is 0 Å². The minimum Gasteiger partial charge on any atom is -0.394 e. The number of ketones is 1. The molecular formula is C70H140N6O41S. The van der Waals surface area contributed by atoms with E-state index in [0.717, 1.165) is 0 Å². The Morgan fingerprint density at radius 1 is 0.331 bits per heavy atom. The van der Waals surface area contributed by atoms with Gasteiger partial charge in [-0.25, -0.2) is 0 Å². The Morgan fingerprint density at radius 2 is 0.686 bits per heavy atom. The first-order valence-electron chi connectivity index (χ1n) is 38.8. The Balaban J connectivity index is 0.000000656. The lowest BCUT2D eigenvalue weighted by Crippen LogP contribution is -2.61. The van der Waals surface area contributed by atoms with Crippen LogP contribution in [0.5, 0.6) is 0 Å². The molecule has 0 aromatic carbocycles. The highest BCUT2D eigenvalue weighted by Gasteiger charge is 2.47. The maximum Gasteiger partial charge on any atom is 0.192 e. The number of aliphatic hydroxyl groups is 30. The van der Waals surface area contributed by atoms with Crippen molar-refractivity contribution in [3.8, 4) is 0 Å².